The van der Waals surface area contributed by atoms with Crippen LogP contribution in [-0.2, 0) is 12.7 Å². The highest BCUT2D eigenvalue weighted by Crippen LogP contribution is 2.32. The zero-order valence-corrected chi connectivity index (χ0v) is 8.84. The van der Waals surface area contributed by atoms with E-state index in [9.17, 15) is 13.2 Å². The summed E-state index contributed by atoms with van der Waals surface area (Å²) in [6.07, 6.45) is -3.42. The molecule has 8 heteroatoms. The predicted octanol–water partition coefficient (Wildman–Crippen LogP) is 2.52. The van der Waals surface area contributed by atoms with Gasteiger partial charge in [0.2, 0.25) is 5.82 Å². The Hall–Kier alpha value is -1.37. The van der Waals surface area contributed by atoms with Crippen LogP contribution in [0.2, 0.25) is 5.15 Å². The van der Waals surface area contributed by atoms with Gasteiger partial charge in [0, 0.05) is 6.54 Å². The highest BCUT2D eigenvalue weighted by atomic mass is 35.5. The van der Waals surface area contributed by atoms with Gasteiger partial charge in [-0.05, 0) is 6.92 Å². The van der Waals surface area contributed by atoms with E-state index in [-0.39, 0.29) is 22.9 Å². The van der Waals surface area contributed by atoms with Gasteiger partial charge < -0.3 is 4.57 Å². The Morgan fingerprint density at radius 2 is 2.06 bits per heavy atom. The summed E-state index contributed by atoms with van der Waals surface area (Å²) in [7, 11) is 0. The van der Waals surface area contributed by atoms with Gasteiger partial charge in [0.15, 0.2) is 10.8 Å². The Kier molecular flexibility index (Phi) is 2.49. The van der Waals surface area contributed by atoms with E-state index >= 15 is 0 Å². The fourth-order valence-corrected chi connectivity index (χ4v) is 1.60. The fourth-order valence-electron chi connectivity index (χ4n) is 1.42. The smallest absolute Gasteiger partial charge is 0.305 e. The van der Waals surface area contributed by atoms with Gasteiger partial charge in [0.1, 0.15) is 11.8 Å². The van der Waals surface area contributed by atoms with Crippen LogP contribution in [0.25, 0.3) is 11.2 Å². The molecule has 0 spiro atoms. The van der Waals surface area contributed by atoms with Crippen LogP contribution in [0.5, 0.6) is 0 Å². The van der Waals surface area contributed by atoms with E-state index in [1.165, 1.54) is 0 Å². The van der Waals surface area contributed by atoms with Gasteiger partial charge in [-0.3, -0.25) is 0 Å². The lowest BCUT2D eigenvalue weighted by molar-refractivity contribution is -0.146. The normalized spacial score (nSPS) is 12.3. The number of aromatic nitrogens is 4. The Morgan fingerprint density at radius 3 is 2.62 bits per heavy atom. The second-order valence-electron chi connectivity index (χ2n) is 3.01. The molecule has 0 N–H and O–H groups in total. The summed E-state index contributed by atoms with van der Waals surface area (Å²) in [5.41, 5.74) is 0.0631. The van der Waals surface area contributed by atoms with E-state index in [1.807, 2.05) is 0 Å². The van der Waals surface area contributed by atoms with Gasteiger partial charge in [-0.15, -0.1) is 0 Å². The number of nitrogens with zero attached hydrogens (tertiary/aromatic N) is 4. The molecule has 0 aliphatic carbocycles. The lowest BCUT2D eigenvalue weighted by Gasteiger charge is -2.07. The summed E-state index contributed by atoms with van der Waals surface area (Å²) in [6, 6.07) is 0. The molecular weight excluding hydrogens is 245 g/mol. The summed E-state index contributed by atoms with van der Waals surface area (Å²) >= 11 is 5.66. The monoisotopic (exact) mass is 250 g/mol. The quantitative estimate of drug-likeness (QED) is 0.731. The number of halogens is 4. The summed E-state index contributed by atoms with van der Waals surface area (Å²) in [4.78, 5) is 10.8. The lowest BCUT2D eigenvalue weighted by Crippen LogP contribution is -2.14. The number of aryl methyl sites for hydroxylation is 1. The van der Waals surface area contributed by atoms with Crippen molar-refractivity contribution in [1.82, 2.24) is 19.5 Å². The molecule has 0 amide bonds. The van der Waals surface area contributed by atoms with Crippen molar-refractivity contribution < 1.29 is 13.2 Å². The first kappa shape index (κ1) is 11.1. The highest BCUT2D eigenvalue weighted by Gasteiger charge is 2.38. The van der Waals surface area contributed by atoms with Crippen LogP contribution in [-0.4, -0.2) is 19.5 Å². The zero-order chi connectivity index (χ0) is 11.9. The standard InChI is InChI=1S/C8H6ClF3N4/c1-2-16-6-4(5(9)13-3-14-6)15-7(16)8(10,11)12/h3H,2H2,1H3. The SMILES string of the molecule is CCn1c(C(F)(F)F)nc2c(Cl)ncnc21. The van der Waals surface area contributed by atoms with Crippen molar-refractivity contribution in [1.29, 1.82) is 0 Å². The number of hydrogen-bond acceptors (Lipinski definition) is 3. The van der Waals surface area contributed by atoms with E-state index in [1.54, 1.807) is 6.92 Å². The largest absolute Gasteiger partial charge is 0.449 e. The Bertz CT molecular complexity index is 534. The molecule has 2 rings (SSSR count). The first-order valence-electron chi connectivity index (χ1n) is 4.39. The number of hydrogen-bond donors (Lipinski definition) is 0. The third-order valence-corrected chi connectivity index (χ3v) is 2.33. The molecule has 0 atom stereocenters. The minimum atomic E-state index is -4.53. The Labute approximate surface area is 93.1 Å². The van der Waals surface area contributed by atoms with E-state index in [0.717, 1.165) is 10.9 Å². The van der Waals surface area contributed by atoms with Crippen LogP contribution in [0.4, 0.5) is 13.2 Å². The molecule has 4 nitrogen and oxygen atoms in total. The van der Waals surface area contributed by atoms with Crippen molar-refractivity contribution >= 4 is 22.8 Å². The van der Waals surface area contributed by atoms with Crippen LogP contribution < -0.4 is 0 Å². The van der Waals surface area contributed by atoms with Crippen LogP contribution in [0, 0.1) is 0 Å². The second-order valence-corrected chi connectivity index (χ2v) is 3.37. The molecule has 2 heterocycles. The molecule has 0 radical (unpaired) electrons. The molecule has 0 bridgehead atoms. The molecule has 2 aromatic rings. The van der Waals surface area contributed by atoms with E-state index in [2.05, 4.69) is 15.0 Å². The maximum absolute atomic E-state index is 12.6. The lowest BCUT2D eigenvalue weighted by atomic mass is 10.5. The van der Waals surface area contributed by atoms with E-state index in [4.69, 9.17) is 11.6 Å². The summed E-state index contributed by atoms with van der Waals surface area (Å²) in [6.45, 7) is 1.69. The molecule has 0 saturated carbocycles. The topological polar surface area (TPSA) is 43.6 Å². The second kappa shape index (κ2) is 3.58. The van der Waals surface area contributed by atoms with Crippen molar-refractivity contribution in [3.63, 3.8) is 0 Å². The number of fused-ring (bicyclic) bond motifs is 1. The number of rotatable bonds is 1. The van der Waals surface area contributed by atoms with Gasteiger partial charge in [0.25, 0.3) is 0 Å². The first-order chi connectivity index (χ1) is 7.45. The van der Waals surface area contributed by atoms with Crippen LogP contribution >= 0.6 is 11.6 Å². The van der Waals surface area contributed by atoms with Crippen molar-refractivity contribution in [2.75, 3.05) is 0 Å². The predicted molar refractivity (Wildman–Crippen MR) is 51.0 cm³/mol. The molecule has 0 saturated heterocycles. The van der Waals surface area contributed by atoms with Crippen molar-refractivity contribution in [2.24, 2.45) is 0 Å². The molecule has 0 unspecified atom stereocenters. The molecular formula is C8H6ClF3N4. The maximum Gasteiger partial charge on any atom is 0.449 e. The summed E-state index contributed by atoms with van der Waals surface area (Å²) in [5, 5.41) is -0.0808. The molecule has 0 aliphatic rings. The summed E-state index contributed by atoms with van der Waals surface area (Å²) in [5.74, 6) is -1.01. The molecule has 2 aromatic heterocycles. The van der Waals surface area contributed by atoms with Crippen LogP contribution in [0.3, 0.4) is 0 Å². The Morgan fingerprint density at radius 1 is 1.38 bits per heavy atom. The third kappa shape index (κ3) is 1.60. The van der Waals surface area contributed by atoms with E-state index in [0.29, 0.717) is 0 Å². The minimum Gasteiger partial charge on any atom is -0.305 e. The molecule has 0 aromatic carbocycles. The molecule has 86 valence electrons. The molecule has 0 aliphatic heterocycles. The van der Waals surface area contributed by atoms with Crippen LogP contribution in [0.1, 0.15) is 12.7 Å². The average Bonchev–Trinajstić information content (AvgIpc) is 2.57. The average molecular weight is 251 g/mol. The Balaban J connectivity index is 2.81. The first-order valence-corrected chi connectivity index (χ1v) is 4.77. The molecule has 0 fully saturated rings. The summed E-state index contributed by atoms with van der Waals surface area (Å²) < 4.78 is 38.9. The van der Waals surface area contributed by atoms with Crippen LogP contribution in [0.15, 0.2) is 6.33 Å². The van der Waals surface area contributed by atoms with Gasteiger partial charge in [0.05, 0.1) is 0 Å². The fraction of sp³-hybridized carbons (Fsp3) is 0.375. The van der Waals surface area contributed by atoms with Gasteiger partial charge >= 0.3 is 6.18 Å². The maximum atomic E-state index is 12.6. The van der Waals surface area contributed by atoms with Crippen molar-refractivity contribution in [2.45, 2.75) is 19.6 Å². The van der Waals surface area contributed by atoms with Gasteiger partial charge in [-0.25, -0.2) is 15.0 Å². The number of imidazole rings is 1. The minimum absolute atomic E-state index is 0.0293. The zero-order valence-electron chi connectivity index (χ0n) is 8.09. The third-order valence-electron chi connectivity index (χ3n) is 2.06. The van der Waals surface area contributed by atoms with Gasteiger partial charge in [-0.2, -0.15) is 13.2 Å². The number of alkyl halides is 3. The van der Waals surface area contributed by atoms with Crippen molar-refractivity contribution in [3.05, 3.63) is 17.3 Å². The molecule has 16 heavy (non-hydrogen) atoms. The van der Waals surface area contributed by atoms with E-state index < -0.39 is 12.0 Å². The van der Waals surface area contributed by atoms with Crippen molar-refractivity contribution in [3.8, 4) is 0 Å². The van der Waals surface area contributed by atoms with Gasteiger partial charge in [-0.1, -0.05) is 11.6 Å². The highest BCUT2D eigenvalue weighted by molar-refractivity contribution is 6.33.